The van der Waals surface area contributed by atoms with Crippen molar-refractivity contribution >= 4 is 21.6 Å². The summed E-state index contributed by atoms with van der Waals surface area (Å²) in [6, 6.07) is 4.43. The van der Waals surface area contributed by atoms with Gasteiger partial charge in [0.1, 0.15) is 11.6 Å². The Kier molecular flexibility index (Phi) is 4.14. The van der Waals surface area contributed by atoms with Gasteiger partial charge in [-0.1, -0.05) is 0 Å². The maximum absolute atomic E-state index is 13.3. The van der Waals surface area contributed by atoms with Gasteiger partial charge in [-0.15, -0.1) is 0 Å². The summed E-state index contributed by atoms with van der Waals surface area (Å²) in [6.45, 7) is 3.71. The SMILES string of the molecule is Cc1cc(F)c(Br)cc1NC(C)c1cncc(F)c1. The van der Waals surface area contributed by atoms with Crippen LogP contribution in [0.5, 0.6) is 0 Å². The van der Waals surface area contributed by atoms with Crippen LogP contribution >= 0.6 is 15.9 Å². The van der Waals surface area contributed by atoms with Crippen LogP contribution in [0.15, 0.2) is 35.1 Å². The molecule has 0 aliphatic heterocycles. The molecule has 2 nitrogen and oxygen atoms in total. The van der Waals surface area contributed by atoms with Gasteiger partial charge in [-0.2, -0.15) is 0 Å². The molecule has 0 radical (unpaired) electrons. The molecule has 1 aromatic carbocycles. The van der Waals surface area contributed by atoms with Gasteiger partial charge in [-0.25, -0.2) is 8.78 Å². The molecule has 0 aliphatic carbocycles. The Hall–Kier alpha value is -1.49. The van der Waals surface area contributed by atoms with Crippen LogP contribution in [0, 0.1) is 18.6 Å². The average molecular weight is 327 g/mol. The van der Waals surface area contributed by atoms with Crippen LogP contribution in [-0.4, -0.2) is 4.98 Å². The first kappa shape index (κ1) is 13.9. The fraction of sp³-hybridized carbons (Fsp3) is 0.214. The van der Waals surface area contributed by atoms with Crippen LogP contribution in [-0.2, 0) is 0 Å². The molecule has 0 saturated carbocycles. The van der Waals surface area contributed by atoms with Crippen molar-refractivity contribution in [1.82, 2.24) is 4.98 Å². The number of aromatic nitrogens is 1. The predicted molar refractivity (Wildman–Crippen MR) is 75.1 cm³/mol. The van der Waals surface area contributed by atoms with E-state index in [1.807, 2.05) is 13.8 Å². The Balaban J connectivity index is 2.24. The van der Waals surface area contributed by atoms with Gasteiger partial charge in [0, 0.05) is 11.9 Å². The highest BCUT2D eigenvalue weighted by atomic mass is 79.9. The summed E-state index contributed by atoms with van der Waals surface area (Å²) in [6.07, 6.45) is 2.77. The number of aryl methyl sites for hydroxylation is 1. The second kappa shape index (κ2) is 5.65. The molecular formula is C14H13BrF2N2. The molecule has 0 saturated heterocycles. The summed E-state index contributed by atoms with van der Waals surface area (Å²) in [5, 5.41) is 3.22. The first-order valence-electron chi connectivity index (χ1n) is 5.80. The minimum absolute atomic E-state index is 0.126. The van der Waals surface area contributed by atoms with Crippen molar-refractivity contribution < 1.29 is 8.78 Å². The van der Waals surface area contributed by atoms with Crippen molar-refractivity contribution in [3.05, 3.63) is 57.8 Å². The van der Waals surface area contributed by atoms with Crippen LogP contribution < -0.4 is 5.32 Å². The molecule has 0 bridgehead atoms. The topological polar surface area (TPSA) is 24.9 Å². The maximum atomic E-state index is 13.3. The van der Waals surface area contributed by atoms with E-state index in [4.69, 9.17) is 0 Å². The van der Waals surface area contributed by atoms with Crippen molar-refractivity contribution in [3.8, 4) is 0 Å². The van der Waals surface area contributed by atoms with Crippen LogP contribution in [0.2, 0.25) is 0 Å². The smallest absolute Gasteiger partial charge is 0.141 e. The lowest BCUT2D eigenvalue weighted by Crippen LogP contribution is -2.08. The Morgan fingerprint density at radius 1 is 1.21 bits per heavy atom. The largest absolute Gasteiger partial charge is 0.378 e. The van der Waals surface area contributed by atoms with E-state index in [1.165, 1.54) is 12.1 Å². The summed E-state index contributed by atoms with van der Waals surface area (Å²) >= 11 is 3.15. The van der Waals surface area contributed by atoms with E-state index in [1.54, 1.807) is 12.3 Å². The molecule has 1 unspecified atom stereocenters. The number of benzene rings is 1. The molecular weight excluding hydrogens is 314 g/mol. The van der Waals surface area contributed by atoms with Crippen molar-refractivity contribution in [2.24, 2.45) is 0 Å². The zero-order valence-electron chi connectivity index (χ0n) is 10.5. The van der Waals surface area contributed by atoms with E-state index in [0.717, 1.165) is 23.0 Å². The van der Waals surface area contributed by atoms with Gasteiger partial charge in [0.05, 0.1) is 16.7 Å². The third kappa shape index (κ3) is 3.29. The number of rotatable bonds is 3. The summed E-state index contributed by atoms with van der Waals surface area (Å²) in [4.78, 5) is 3.82. The van der Waals surface area contributed by atoms with Crippen molar-refractivity contribution in [3.63, 3.8) is 0 Å². The first-order chi connectivity index (χ1) is 8.97. The highest BCUT2D eigenvalue weighted by Gasteiger charge is 2.10. The number of anilines is 1. The van der Waals surface area contributed by atoms with Gasteiger partial charge in [-0.05, 0) is 59.1 Å². The normalized spacial score (nSPS) is 12.3. The number of hydrogen-bond donors (Lipinski definition) is 1. The highest BCUT2D eigenvalue weighted by molar-refractivity contribution is 9.10. The molecule has 19 heavy (non-hydrogen) atoms. The predicted octanol–water partition coefficient (Wildman–Crippen LogP) is 4.60. The number of nitrogens with one attached hydrogen (secondary N) is 1. The van der Waals surface area contributed by atoms with Gasteiger partial charge in [0.2, 0.25) is 0 Å². The fourth-order valence-electron chi connectivity index (χ4n) is 1.78. The molecule has 0 aliphatic rings. The molecule has 1 heterocycles. The van der Waals surface area contributed by atoms with E-state index in [9.17, 15) is 8.78 Å². The monoisotopic (exact) mass is 326 g/mol. The van der Waals surface area contributed by atoms with E-state index in [0.29, 0.717) is 4.47 Å². The van der Waals surface area contributed by atoms with Gasteiger partial charge in [0.15, 0.2) is 0 Å². The van der Waals surface area contributed by atoms with Crippen molar-refractivity contribution in [1.29, 1.82) is 0 Å². The molecule has 2 aromatic rings. The van der Waals surface area contributed by atoms with Crippen LogP contribution in [0.3, 0.4) is 0 Å². The maximum Gasteiger partial charge on any atom is 0.141 e. The third-order valence-electron chi connectivity index (χ3n) is 2.87. The first-order valence-corrected chi connectivity index (χ1v) is 6.59. The van der Waals surface area contributed by atoms with E-state index in [2.05, 4.69) is 26.2 Å². The average Bonchev–Trinajstić information content (AvgIpc) is 2.36. The van der Waals surface area contributed by atoms with Crippen molar-refractivity contribution in [2.75, 3.05) is 5.32 Å². The number of pyridine rings is 1. The second-order valence-electron chi connectivity index (χ2n) is 4.38. The van der Waals surface area contributed by atoms with Crippen LogP contribution in [0.1, 0.15) is 24.1 Å². The minimum Gasteiger partial charge on any atom is -0.378 e. The Bertz CT molecular complexity index is 602. The summed E-state index contributed by atoms with van der Waals surface area (Å²) in [7, 11) is 0. The van der Waals surface area contributed by atoms with Crippen molar-refractivity contribution in [2.45, 2.75) is 19.9 Å². The minimum atomic E-state index is -0.372. The van der Waals surface area contributed by atoms with Gasteiger partial charge in [-0.3, -0.25) is 4.98 Å². The van der Waals surface area contributed by atoms with Gasteiger partial charge in [0.25, 0.3) is 0 Å². The summed E-state index contributed by atoms with van der Waals surface area (Å²) in [5.74, 6) is -0.675. The molecule has 1 aromatic heterocycles. The molecule has 0 spiro atoms. The number of nitrogens with zero attached hydrogens (tertiary/aromatic N) is 1. The lowest BCUT2D eigenvalue weighted by molar-refractivity contribution is 0.616. The zero-order valence-corrected chi connectivity index (χ0v) is 12.1. The zero-order chi connectivity index (χ0) is 14.0. The van der Waals surface area contributed by atoms with E-state index >= 15 is 0 Å². The standard InChI is InChI=1S/C14H13BrF2N2/c1-8-3-13(17)12(15)5-14(8)19-9(2)10-4-11(16)7-18-6-10/h3-7,9,19H,1-2H3. The van der Waals surface area contributed by atoms with Crippen LogP contribution in [0.4, 0.5) is 14.5 Å². The molecule has 2 rings (SSSR count). The third-order valence-corrected chi connectivity index (χ3v) is 3.47. The molecule has 5 heteroatoms. The molecule has 0 amide bonds. The Morgan fingerprint density at radius 3 is 2.63 bits per heavy atom. The lowest BCUT2D eigenvalue weighted by atomic mass is 10.1. The quantitative estimate of drug-likeness (QED) is 0.891. The highest BCUT2D eigenvalue weighted by Crippen LogP contribution is 2.27. The van der Waals surface area contributed by atoms with E-state index in [-0.39, 0.29) is 17.7 Å². The lowest BCUT2D eigenvalue weighted by Gasteiger charge is -2.17. The van der Waals surface area contributed by atoms with Gasteiger partial charge >= 0.3 is 0 Å². The van der Waals surface area contributed by atoms with E-state index < -0.39 is 0 Å². The fourth-order valence-corrected chi connectivity index (χ4v) is 2.13. The summed E-state index contributed by atoms with van der Waals surface area (Å²) in [5.41, 5.74) is 2.32. The molecule has 100 valence electrons. The molecule has 1 N–H and O–H groups in total. The molecule has 0 fully saturated rings. The Morgan fingerprint density at radius 2 is 1.95 bits per heavy atom. The second-order valence-corrected chi connectivity index (χ2v) is 5.24. The van der Waals surface area contributed by atoms with Gasteiger partial charge < -0.3 is 5.32 Å². The number of hydrogen-bond acceptors (Lipinski definition) is 2. The Labute approximate surface area is 119 Å². The van der Waals surface area contributed by atoms with Crippen LogP contribution in [0.25, 0.3) is 0 Å². The summed E-state index contributed by atoms with van der Waals surface area (Å²) < 4.78 is 26.8. The molecule has 1 atom stereocenters. The number of halogens is 3.